The van der Waals surface area contributed by atoms with Crippen LogP contribution in [0.1, 0.15) is 16.0 Å². The highest BCUT2D eigenvalue weighted by molar-refractivity contribution is 9.09. The van der Waals surface area contributed by atoms with Crippen LogP contribution in [0.2, 0.25) is 0 Å². The minimum atomic E-state index is 0.368. The van der Waals surface area contributed by atoms with E-state index in [2.05, 4.69) is 69.8 Å². The van der Waals surface area contributed by atoms with Gasteiger partial charge in [-0.05, 0) is 11.1 Å². The van der Waals surface area contributed by atoms with Gasteiger partial charge in [0.2, 0.25) is 0 Å². The lowest BCUT2D eigenvalue weighted by molar-refractivity contribution is 0.684. The van der Waals surface area contributed by atoms with Gasteiger partial charge in [-0.15, -0.1) is 0 Å². The molecular weight excluding hydrogens is 274 g/mol. The normalized spacial score (nSPS) is 12.3. The van der Waals surface area contributed by atoms with Crippen LogP contribution in [0.15, 0.2) is 60.7 Å². The summed E-state index contributed by atoms with van der Waals surface area (Å²) in [5, 5.41) is 3.45. The van der Waals surface area contributed by atoms with Gasteiger partial charge in [-0.1, -0.05) is 76.6 Å². The Balaban J connectivity index is 1.79. The zero-order chi connectivity index (χ0) is 11.9. The van der Waals surface area contributed by atoms with E-state index in [4.69, 9.17) is 0 Å². The van der Waals surface area contributed by atoms with Crippen molar-refractivity contribution in [2.75, 3.05) is 6.54 Å². The highest BCUT2D eigenvalue weighted by atomic mass is 79.9. The molecule has 2 rings (SSSR count). The third kappa shape index (κ3) is 3.99. The lowest BCUT2D eigenvalue weighted by Crippen LogP contribution is -2.18. The first-order chi connectivity index (χ1) is 8.36. The second-order valence-corrected chi connectivity index (χ2v) is 5.10. The molecule has 2 aromatic carbocycles. The molecule has 0 heterocycles. The highest BCUT2D eigenvalue weighted by Gasteiger charge is 2.05. The van der Waals surface area contributed by atoms with E-state index in [1.165, 1.54) is 11.1 Å². The van der Waals surface area contributed by atoms with E-state index in [9.17, 15) is 0 Å². The zero-order valence-corrected chi connectivity index (χ0v) is 11.2. The van der Waals surface area contributed by atoms with Crippen molar-refractivity contribution in [1.29, 1.82) is 0 Å². The number of rotatable bonds is 5. The summed E-state index contributed by atoms with van der Waals surface area (Å²) in [6.45, 7) is 1.84. The Kier molecular flexibility index (Phi) is 4.77. The van der Waals surface area contributed by atoms with Crippen molar-refractivity contribution in [3.05, 3.63) is 71.8 Å². The summed E-state index contributed by atoms with van der Waals surface area (Å²) < 4.78 is 0. The Morgan fingerprint density at radius 3 is 2.12 bits per heavy atom. The smallest absolute Gasteiger partial charge is 0.0519 e. The molecule has 2 heteroatoms. The number of nitrogens with one attached hydrogen (secondary N) is 1. The third-order valence-electron chi connectivity index (χ3n) is 2.66. The van der Waals surface area contributed by atoms with Gasteiger partial charge in [-0.25, -0.2) is 0 Å². The van der Waals surface area contributed by atoms with Crippen LogP contribution in [-0.2, 0) is 6.54 Å². The van der Waals surface area contributed by atoms with E-state index >= 15 is 0 Å². The molecule has 0 aliphatic carbocycles. The van der Waals surface area contributed by atoms with Crippen molar-refractivity contribution >= 4 is 15.9 Å². The number of hydrogen-bond donors (Lipinski definition) is 1. The number of alkyl halides is 1. The Morgan fingerprint density at radius 2 is 1.47 bits per heavy atom. The molecular formula is C15H16BrN. The first-order valence-electron chi connectivity index (χ1n) is 5.80. The fraction of sp³-hybridized carbons (Fsp3) is 0.200. The second-order valence-electron chi connectivity index (χ2n) is 3.99. The minimum Gasteiger partial charge on any atom is -0.311 e. The van der Waals surface area contributed by atoms with Crippen LogP contribution in [-0.4, -0.2) is 6.54 Å². The molecule has 0 aromatic heterocycles. The van der Waals surface area contributed by atoms with Gasteiger partial charge >= 0.3 is 0 Å². The average Bonchev–Trinajstić information content (AvgIpc) is 2.41. The van der Waals surface area contributed by atoms with Crippen molar-refractivity contribution < 1.29 is 0 Å². The van der Waals surface area contributed by atoms with Gasteiger partial charge in [-0.2, -0.15) is 0 Å². The molecule has 1 unspecified atom stereocenters. The monoisotopic (exact) mass is 289 g/mol. The van der Waals surface area contributed by atoms with E-state index in [0.717, 1.165) is 13.1 Å². The second kappa shape index (κ2) is 6.58. The Labute approximate surface area is 111 Å². The van der Waals surface area contributed by atoms with Crippen molar-refractivity contribution in [2.45, 2.75) is 11.4 Å². The molecule has 0 saturated heterocycles. The van der Waals surface area contributed by atoms with E-state index in [1.807, 2.05) is 12.1 Å². The van der Waals surface area contributed by atoms with Crippen LogP contribution in [0.3, 0.4) is 0 Å². The molecule has 2 aromatic rings. The molecule has 0 fully saturated rings. The predicted octanol–water partition coefficient (Wildman–Crippen LogP) is 3.91. The Bertz CT molecular complexity index is 427. The largest absolute Gasteiger partial charge is 0.311 e. The van der Waals surface area contributed by atoms with E-state index in [0.29, 0.717) is 4.83 Å². The fourth-order valence-electron chi connectivity index (χ4n) is 1.72. The topological polar surface area (TPSA) is 12.0 Å². The van der Waals surface area contributed by atoms with Gasteiger partial charge in [0, 0.05) is 13.1 Å². The van der Waals surface area contributed by atoms with Crippen LogP contribution in [0.4, 0.5) is 0 Å². The summed E-state index contributed by atoms with van der Waals surface area (Å²) >= 11 is 3.70. The molecule has 0 bridgehead atoms. The molecule has 1 N–H and O–H groups in total. The van der Waals surface area contributed by atoms with Gasteiger partial charge in [0.15, 0.2) is 0 Å². The van der Waals surface area contributed by atoms with Crippen molar-refractivity contribution in [3.8, 4) is 0 Å². The number of benzene rings is 2. The highest BCUT2D eigenvalue weighted by Crippen LogP contribution is 2.21. The standard InChI is InChI=1S/C15H16BrN/c16-15(14-9-5-2-6-10-14)12-17-11-13-7-3-1-4-8-13/h1-10,15,17H,11-12H2. The number of hydrogen-bond acceptors (Lipinski definition) is 1. The summed E-state index contributed by atoms with van der Waals surface area (Å²) in [5.41, 5.74) is 2.63. The molecule has 0 aliphatic rings. The summed E-state index contributed by atoms with van der Waals surface area (Å²) in [6.07, 6.45) is 0. The molecule has 0 radical (unpaired) electrons. The quantitative estimate of drug-likeness (QED) is 0.823. The predicted molar refractivity (Wildman–Crippen MR) is 76.3 cm³/mol. The van der Waals surface area contributed by atoms with Crippen LogP contribution in [0.25, 0.3) is 0 Å². The summed E-state index contributed by atoms with van der Waals surface area (Å²) in [4.78, 5) is 0.368. The van der Waals surface area contributed by atoms with Gasteiger partial charge in [0.1, 0.15) is 0 Å². The molecule has 0 spiro atoms. The Morgan fingerprint density at radius 1 is 0.882 bits per heavy atom. The molecule has 17 heavy (non-hydrogen) atoms. The molecule has 0 saturated carbocycles. The van der Waals surface area contributed by atoms with Crippen LogP contribution >= 0.6 is 15.9 Å². The summed E-state index contributed by atoms with van der Waals surface area (Å²) in [5.74, 6) is 0. The maximum atomic E-state index is 3.70. The van der Waals surface area contributed by atoms with Gasteiger partial charge in [-0.3, -0.25) is 0 Å². The maximum Gasteiger partial charge on any atom is 0.0519 e. The number of halogens is 1. The van der Waals surface area contributed by atoms with Gasteiger partial charge in [0.05, 0.1) is 4.83 Å². The van der Waals surface area contributed by atoms with Crippen LogP contribution in [0.5, 0.6) is 0 Å². The van der Waals surface area contributed by atoms with Crippen molar-refractivity contribution in [3.63, 3.8) is 0 Å². The van der Waals surface area contributed by atoms with Crippen molar-refractivity contribution in [2.24, 2.45) is 0 Å². The third-order valence-corrected chi connectivity index (χ3v) is 3.51. The van der Waals surface area contributed by atoms with Gasteiger partial charge < -0.3 is 5.32 Å². The van der Waals surface area contributed by atoms with E-state index < -0.39 is 0 Å². The molecule has 1 atom stereocenters. The molecule has 0 aliphatic heterocycles. The van der Waals surface area contributed by atoms with Crippen molar-refractivity contribution in [1.82, 2.24) is 5.32 Å². The zero-order valence-electron chi connectivity index (χ0n) is 9.64. The van der Waals surface area contributed by atoms with Gasteiger partial charge in [0.25, 0.3) is 0 Å². The lowest BCUT2D eigenvalue weighted by atomic mass is 10.1. The molecule has 1 nitrogen and oxygen atoms in total. The average molecular weight is 290 g/mol. The first-order valence-corrected chi connectivity index (χ1v) is 6.71. The van der Waals surface area contributed by atoms with Crippen LogP contribution < -0.4 is 5.32 Å². The van der Waals surface area contributed by atoms with Crippen LogP contribution in [0, 0.1) is 0 Å². The Hall–Kier alpha value is -1.12. The SMILES string of the molecule is BrC(CNCc1ccccc1)c1ccccc1. The maximum absolute atomic E-state index is 3.70. The first kappa shape index (κ1) is 12.3. The van der Waals surface area contributed by atoms with E-state index in [1.54, 1.807) is 0 Å². The van der Waals surface area contributed by atoms with E-state index in [-0.39, 0.29) is 0 Å². The molecule has 0 amide bonds. The summed E-state index contributed by atoms with van der Waals surface area (Å²) in [6, 6.07) is 20.9. The summed E-state index contributed by atoms with van der Waals surface area (Å²) in [7, 11) is 0. The fourth-order valence-corrected chi connectivity index (χ4v) is 2.25. The minimum absolute atomic E-state index is 0.368. The lowest BCUT2D eigenvalue weighted by Gasteiger charge is -2.11. The molecule has 88 valence electrons.